The molecular weight excluding hydrogens is 286 g/mol. The maximum absolute atomic E-state index is 11.8. The molecular formula is C12H12ClN3O2S. The normalized spacial score (nSPS) is 10.2. The summed E-state index contributed by atoms with van der Waals surface area (Å²) in [6.07, 6.45) is 0. The van der Waals surface area contributed by atoms with Crippen LogP contribution in [-0.2, 0) is 5.88 Å². The van der Waals surface area contributed by atoms with E-state index in [0.717, 1.165) is 22.8 Å². The van der Waals surface area contributed by atoms with E-state index in [2.05, 4.69) is 14.9 Å². The maximum Gasteiger partial charge on any atom is 0.277 e. The van der Waals surface area contributed by atoms with Gasteiger partial charge in [0.2, 0.25) is 0 Å². The minimum absolute atomic E-state index is 0.293. The van der Waals surface area contributed by atoms with Crippen LogP contribution in [0, 0.1) is 0 Å². The van der Waals surface area contributed by atoms with E-state index in [1.807, 2.05) is 6.92 Å². The van der Waals surface area contributed by atoms with Crippen LogP contribution in [0.5, 0.6) is 5.75 Å². The average Bonchev–Trinajstić information content (AvgIpc) is 2.94. The molecule has 0 radical (unpaired) electrons. The van der Waals surface area contributed by atoms with Gasteiger partial charge in [0.1, 0.15) is 5.75 Å². The monoisotopic (exact) mass is 297 g/mol. The van der Waals surface area contributed by atoms with E-state index in [-0.39, 0.29) is 5.91 Å². The fourth-order valence-corrected chi connectivity index (χ4v) is 2.16. The van der Waals surface area contributed by atoms with Crippen molar-refractivity contribution < 1.29 is 9.53 Å². The van der Waals surface area contributed by atoms with Gasteiger partial charge < -0.3 is 10.1 Å². The molecule has 0 aliphatic rings. The summed E-state index contributed by atoms with van der Waals surface area (Å²) in [5.74, 6) is 0.751. The van der Waals surface area contributed by atoms with Crippen molar-refractivity contribution in [1.82, 2.24) is 9.59 Å². The lowest BCUT2D eigenvalue weighted by Crippen LogP contribution is -2.12. The van der Waals surface area contributed by atoms with Crippen molar-refractivity contribution in [3.63, 3.8) is 0 Å². The molecule has 2 rings (SSSR count). The molecule has 2 aromatic rings. The largest absolute Gasteiger partial charge is 0.494 e. The average molecular weight is 298 g/mol. The Labute approximate surface area is 119 Å². The Balaban J connectivity index is 2.15. The molecule has 0 aliphatic carbocycles. The van der Waals surface area contributed by atoms with E-state index < -0.39 is 0 Å². The summed E-state index contributed by atoms with van der Waals surface area (Å²) in [5.41, 5.74) is 1.78. The Morgan fingerprint density at radius 3 is 3.00 bits per heavy atom. The molecule has 1 aromatic heterocycles. The van der Waals surface area contributed by atoms with Crippen molar-refractivity contribution in [2.75, 3.05) is 11.9 Å². The molecule has 7 heteroatoms. The number of nitrogens with zero attached hydrogens (tertiary/aromatic N) is 2. The quantitative estimate of drug-likeness (QED) is 0.862. The van der Waals surface area contributed by atoms with Crippen LogP contribution in [0.2, 0.25) is 0 Å². The second-order valence-electron chi connectivity index (χ2n) is 3.63. The molecule has 0 atom stereocenters. The lowest BCUT2D eigenvalue weighted by atomic mass is 10.2. The van der Waals surface area contributed by atoms with Crippen LogP contribution in [0.4, 0.5) is 5.69 Å². The fraction of sp³-hybridized carbons (Fsp3) is 0.250. The highest BCUT2D eigenvalue weighted by Crippen LogP contribution is 2.24. The van der Waals surface area contributed by atoms with E-state index in [1.54, 1.807) is 23.6 Å². The number of amides is 1. The van der Waals surface area contributed by atoms with Gasteiger partial charge in [-0.1, -0.05) is 4.49 Å². The van der Waals surface area contributed by atoms with Crippen molar-refractivity contribution in [3.05, 3.63) is 34.8 Å². The van der Waals surface area contributed by atoms with Crippen LogP contribution in [0.25, 0.3) is 0 Å². The zero-order valence-electron chi connectivity index (χ0n) is 10.2. The number of benzene rings is 1. The van der Waals surface area contributed by atoms with Crippen molar-refractivity contribution in [3.8, 4) is 5.75 Å². The molecule has 1 N–H and O–H groups in total. The number of rotatable bonds is 5. The first kappa shape index (κ1) is 13.8. The van der Waals surface area contributed by atoms with Gasteiger partial charge in [0.15, 0.2) is 5.69 Å². The van der Waals surface area contributed by atoms with Crippen LogP contribution in [0.3, 0.4) is 0 Å². The number of carbonyl (C=O) groups is 1. The molecule has 0 saturated carbocycles. The summed E-state index contributed by atoms with van der Waals surface area (Å²) in [5, 5.41) is 8.04. The third-order valence-electron chi connectivity index (χ3n) is 2.35. The lowest BCUT2D eigenvalue weighted by molar-refractivity contribution is 0.102. The summed E-state index contributed by atoms with van der Waals surface area (Å²) in [7, 11) is 0. The number of carbonyl (C=O) groups excluding carboxylic acids is 1. The van der Waals surface area contributed by atoms with Crippen LogP contribution < -0.4 is 10.1 Å². The first-order chi connectivity index (χ1) is 9.24. The number of halogens is 1. The van der Waals surface area contributed by atoms with Crippen LogP contribution >= 0.6 is 23.1 Å². The Morgan fingerprint density at radius 2 is 2.37 bits per heavy atom. The Hall–Kier alpha value is -1.66. The number of anilines is 1. The van der Waals surface area contributed by atoms with Gasteiger partial charge in [0.25, 0.3) is 5.91 Å². The number of alkyl halides is 1. The summed E-state index contributed by atoms with van der Waals surface area (Å²) < 4.78 is 9.09. The molecule has 19 heavy (non-hydrogen) atoms. The van der Waals surface area contributed by atoms with Gasteiger partial charge in [-0.3, -0.25) is 4.79 Å². The highest BCUT2D eigenvalue weighted by Gasteiger charge is 2.10. The standard InChI is InChI=1S/C12H12ClN3O2S/c1-2-18-11-4-3-9(5-8(11)6-13)14-12(17)10-7-19-16-15-10/h3-5,7H,2,6H2,1H3,(H,14,17). The zero-order chi connectivity index (χ0) is 13.7. The first-order valence-electron chi connectivity index (χ1n) is 5.64. The maximum atomic E-state index is 11.8. The molecule has 100 valence electrons. The molecule has 1 aromatic carbocycles. The molecule has 0 aliphatic heterocycles. The molecule has 0 bridgehead atoms. The van der Waals surface area contributed by atoms with Gasteiger partial charge in [-0.15, -0.1) is 16.7 Å². The Bertz CT molecular complexity index is 560. The highest BCUT2D eigenvalue weighted by molar-refractivity contribution is 7.03. The highest BCUT2D eigenvalue weighted by atomic mass is 35.5. The minimum atomic E-state index is -0.293. The van der Waals surface area contributed by atoms with Crippen LogP contribution in [-0.4, -0.2) is 22.1 Å². The summed E-state index contributed by atoms with van der Waals surface area (Å²) in [6, 6.07) is 5.34. The minimum Gasteiger partial charge on any atom is -0.494 e. The molecule has 0 unspecified atom stereocenters. The third kappa shape index (κ3) is 3.42. The second kappa shape index (κ2) is 6.49. The molecule has 5 nitrogen and oxygen atoms in total. The van der Waals surface area contributed by atoms with Crippen LogP contribution in [0.15, 0.2) is 23.6 Å². The number of hydrogen-bond donors (Lipinski definition) is 1. The smallest absolute Gasteiger partial charge is 0.277 e. The predicted octanol–water partition coefficient (Wildman–Crippen LogP) is 2.93. The molecule has 0 saturated heterocycles. The van der Waals surface area contributed by atoms with Crippen molar-refractivity contribution in [2.45, 2.75) is 12.8 Å². The second-order valence-corrected chi connectivity index (χ2v) is 4.51. The third-order valence-corrected chi connectivity index (χ3v) is 3.15. The van der Waals surface area contributed by atoms with Crippen molar-refractivity contribution in [1.29, 1.82) is 0 Å². The van der Waals surface area contributed by atoms with Gasteiger partial charge in [0.05, 0.1) is 12.5 Å². The first-order valence-corrected chi connectivity index (χ1v) is 7.01. The van der Waals surface area contributed by atoms with E-state index >= 15 is 0 Å². The number of nitrogens with one attached hydrogen (secondary N) is 1. The predicted molar refractivity (Wildman–Crippen MR) is 75.0 cm³/mol. The van der Waals surface area contributed by atoms with Gasteiger partial charge in [-0.2, -0.15) is 0 Å². The molecule has 0 fully saturated rings. The SMILES string of the molecule is CCOc1ccc(NC(=O)c2csnn2)cc1CCl. The fourth-order valence-electron chi connectivity index (χ4n) is 1.52. The molecule has 0 spiro atoms. The van der Waals surface area contributed by atoms with Crippen molar-refractivity contribution >= 4 is 34.7 Å². The summed E-state index contributed by atoms with van der Waals surface area (Å²) in [4.78, 5) is 11.8. The molecule has 1 amide bonds. The lowest BCUT2D eigenvalue weighted by Gasteiger charge is -2.10. The number of hydrogen-bond acceptors (Lipinski definition) is 5. The Kier molecular flexibility index (Phi) is 4.70. The van der Waals surface area contributed by atoms with Gasteiger partial charge >= 0.3 is 0 Å². The van der Waals surface area contributed by atoms with E-state index in [1.165, 1.54) is 0 Å². The number of ether oxygens (including phenoxy) is 1. The topological polar surface area (TPSA) is 64.1 Å². The van der Waals surface area contributed by atoms with Gasteiger partial charge in [0, 0.05) is 16.6 Å². The van der Waals surface area contributed by atoms with Gasteiger partial charge in [-0.05, 0) is 36.7 Å². The Morgan fingerprint density at radius 1 is 1.53 bits per heavy atom. The van der Waals surface area contributed by atoms with E-state index in [4.69, 9.17) is 16.3 Å². The zero-order valence-corrected chi connectivity index (χ0v) is 11.8. The number of aromatic nitrogens is 2. The van der Waals surface area contributed by atoms with Crippen LogP contribution in [0.1, 0.15) is 23.0 Å². The van der Waals surface area contributed by atoms with Gasteiger partial charge in [-0.25, -0.2) is 0 Å². The molecule has 1 heterocycles. The van der Waals surface area contributed by atoms with E-state index in [9.17, 15) is 4.79 Å². The summed E-state index contributed by atoms with van der Waals surface area (Å²) >= 11 is 6.99. The van der Waals surface area contributed by atoms with E-state index in [0.29, 0.717) is 23.9 Å². The van der Waals surface area contributed by atoms with Crippen molar-refractivity contribution in [2.24, 2.45) is 0 Å². The summed E-state index contributed by atoms with van der Waals surface area (Å²) in [6.45, 7) is 2.48.